The molecule has 0 saturated carbocycles. The fourth-order valence-corrected chi connectivity index (χ4v) is 1.53. The second kappa shape index (κ2) is 6.51. The molecule has 2 N–H and O–H groups in total. The van der Waals surface area contributed by atoms with Crippen molar-refractivity contribution in [2.75, 3.05) is 5.32 Å². The number of carbonyl (C=O) groups is 1. The lowest BCUT2D eigenvalue weighted by molar-refractivity contribution is -0.0498. The summed E-state index contributed by atoms with van der Waals surface area (Å²) in [6.07, 6.45) is -0.687. The lowest BCUT2D eigenvalue weighted by Gasteiger charge is -2.20. The summed E-state index contributed by atoms with van der Waals surface area (Å²) in [5.41, 5.74) is 0.000964. The number of carbonyl (C=O) groups excluding carboxylic acids is 1. The normalized spacial score (nSPS) is 11.2. The molecule has 5 nitrogen and oxygen atoms in total. The average molecular weight is 300 g/mol. The number of hydrogen-bond acceptors (Lipinski definition) is 4. The topological polar surface area (TPSA) is 71.4 Å². The molecule has 0 aromatic heterocycles. The molecule has 1 aromatic carbocycles. The van der Waals surface area contributed by atoms with Crippen molar-refractivity contribution in [1.29, 1.82) is 5.41 Å². The fourth-order valence-electron chi connectivity index (χ4n) is 1.53. The molecule has 21 heavy (non-hydrogen) atoms. The summed E-state index contributed by atoms with van der Waals surface area (Å²) in [5.74, 6) is -0.0821. The van der Waals surface area contributed by atoms with Crippen LogP contribution in [0.25, 0.3) is 0 Å². The van der Waals surface area contributed by atoms with Crippen LogP contribution in [-0.4, -0.2) is 24.0 Å². The first-order chi connectivity index (χ1) is 9.58. The van der Waals surface area contributed by atoms with Crippen LogP contribution in [0.15, 0.2) is 18.2 Å². The number of alkyl halides is 2. The molecule has 0 aliphatic heterocycles. The van der Waals surface area contributed by atoms with Gasteiger partial charge >= 0.3 is 12.7 Å². The van der Waals surface area contributed by atoms with Crippen LogP contribution < -0.4 is 10.1 Å². The van der Waals surface area contributed by atoms with E-state index in [0.717, 1.165) is 0 Å². The molecule has 116 valence electrons. The standard InChI is InChI=1S/C14H18F2N2O3/c1-8(17)10-7-9(20-12(15)16)5-6-11(10)18-13(19)21-14(2,3)4/h5-7,12,17H,1-4H3,(H,18,19). The third-order valence-corrected chi connectivity index (χ3v) is 2.26. The van der Waals surface area contributed by atoms with Crippen molar-refractivity contribution in [3.8, 4) is 5.75 Å². The minimum Gasteiger partial charge on any atom is -0.444 e. The van der Waals surface area contributed by atoms with Crippen molar-refractivity contribution < 1.29 is 23.0 Å². The molecule has 0 fully saturated rings. The summed E-state index contributed by atoms with van der Waals surface area (Å²) in [4.78, 5) is 11.7. The van der Waals surface area contributed by atoms with E-state index in [1.54, 1.807) is 20.8 Å². The van der Waals surface area contributed by atoms with Crippen molar-refractivity contribution >= 4 is 17.5 Å². The van der Waals surface area contributed by atoms with E-state index in [-0.39, 0.29) is 17.0 Å². The summed E-state index contributed by atoms with van der Waals surface area (Å²) in [7, 11) is 0. The van der Waals surface area contributed by atoms with E-state index in [2.05, 4.69) is 10.1 Å². The predicted octanol–water partition coefficient (Wildman–Crippen LogP) is 4.02. The molecule has 0 atom stereocenters. The smallest absolute Gasteiger partial charge is 0.412 e. The maximum atomic E-state index is 12.2. The van der Waals surface area contributed by atoms with Gasteiger partial charge in [-0.05, 0) is 45.9 Å². The largest absolute Gasteiger partial charge is 0.444 e. The Hall–Kier alpha value is -2.18. The first-order valence-corrected chi connectivity index (χ1v) is 6.23. The van der Waals surface area contributed by atoms with E-state index >= 15 is 0 Å². The monoisotopic (exact) mass is 300 g/mol. The van der Waals surface area contributed by atoms with Gasteiger partial charge in [-0.3, -0.25) is 5.32 Å². The number of amides is 1. The molecule has 0 spiro atoms. The minimum absolute atomic E-state index is 0.0821. The van der Waals surface area contributed by atoms with E-state index in [9.17, 15) is 13.6 Å². The summed E-state index contributed by atoms with van der Waals surface area (Å²) in [6.45, 7) is 3.68. The van der Waals surface area contributed by atoms with Gasteiger partial charge in [0.05, 0.1) is 5.69 Å². The quantitative estimate of drug-likeness (QED) is 0.825. The second-order valence-corrected chi connectivity index (χ2v) is 5.34. The molecular weight excluding hydrogens is 282 g/mol. The lowest BCUT2D eigenvalue weighted by Crippen LogP contribution is -2.27. The Morgan fingerprint density at radius 3 is 2.43 bits per heavy atom. The Bertz CT molecular complexity index is 540. The molecule has 0 unspecified atom stereocenters. The van der Waals surface area contributed by atoms with Crippen LogP contribution in [-0.2, 0) is 4.74 Å². The van der Waals surface area contributed by atoms with Gasteiger partial charge in [0.15, 0.2) is 0 Å². The molecule has 0 bridgehead atoms. The maximum absolute atomic E-state index is 12.2. The molecule has 1 rings (SSSR count). The highest BCUT2D eigenvalue weighted by atomic mass is 19.3. The highest BCUT2D eigenvalue weighted by Gasteiger charge is 2.18. The van der Waals surface area contributed by atoms with Gasteiger partial charge in [0.2, 0.25) is 0 Å². The van der Waals surface area contributed by atoms with Gasteiger partial charge in [0.1, 0.15) is 11.4 Å². The van der Waals surface area contributed by atoms with Crippen LogP contribution in [0.5, 0.6) is 5.75 Å². The van der Waals surface area contributed by atoms with Gasteiger partial charge < -0.3 is 14.9 Å². The number of halogens is 2. The van der Waals surface area contributed by atoms with Crippen molar-refractivity contribution in [3.63, 3.8) is 0 Å². The fraction of sp³-hybridized carbons (Fsp3) is 0.429. The van der Waals surface area contributed by atoms with E-state index < -0.39 is 18.3 Å². The van der Waals surface area contributed by atoms with Crippen LogP contribution in [0.1, 0.15) is 33.3 Å². The Morgan fingerprint density at radius 1 is 1.33 bits per heavy atom. The van der Waals surface area contributed by atoms with Gasteiger partial charge in [-0.25, -0.2) is 4.79 Å². The Balaban J connectivity index is 2.96. The van der Waals surface area contributed by atoms with Crippen molar-refractivity contribution in [2.24, 2.45) is 0 Å². The average Bonchev–Trinajstić information content (AvgIpc) is 2.27. The van der Waals surface area contributed by atoms with Crippen molar-refractivity contribution in [3.05, 3.63) is 23.8 Å². The maximum Gasteiger partial charge on any atom is 0.412 e. The summed E-state index contributed by atoms with van der Waals surface area (Å²) < 4.78 is 33.7. The third kappa shape index (κ3) is 5.76. The van der Waals surface area contributed by atoms with Gasteiger partial charge in [-0.15, -0.1) is 0 Å². The third-order valence-electron chi connectivity index (χ3n) is 2.26. The van der Waals surface area contributed by atoms with Gasteiger partial charge in [0.25, 0.3) is 0 Å². The van der Waals surface area contributed by atoms with Crippen LogP contribution in [0.2, 0.25) is 0 Å². The van der Waals surface area contributed by atoms with Crippen molar-refractivity contribution in [2.45, 2.75) is 39.9 Å². The number of hydrogen-bond donors (Lipinski definition) is 2. The molecule has 1 amide bonds. The van der Waals surface area contributed by atoms with Gasteiger partial charge in [-0.2, -0.15) is 8.78 Å². The highest BCUT2D eigenvalue weighted by molar-refractivity contribution is 6.04. The predicted molar refractivity (Wildman–Crippen MR) is 75.4 cm³/mol. The van der Waals surface area contributed by atoms with E-state index in [1.165, 1.54) is 25.1 Å². The second-order valence-electron chi connectivity index (χ2n) is 5.34. The number of rotatable bonds is 4. The first-order valence-electron chi connectivity index (χ1n) is 6.23. The zero-order valence-electron chi connectivity index (χ0n) is 12.3. The zero-order valence-corrected chi connectivity index (χ0v) is 12.3. The molecule has 0 aliphatic carbocycles. The summed E-state index contributed by atoms with van der Waals surface area (Å²) in [6, 6.07) is 3.93. The Morgan fingerprint density at radius 2 is 1.95 bits per heavy atom. The molecule has 0 aliphatic rings. The molecule has 7 heteroatoms. The number of anilines is 1. The Kier molecular flexibility index (Phi) is 5.23. The molecule has 1 aromatic rings. The number of benzene rings is 1. The zero-order chi connectivity index (χ0) is 16.2. The van der Waals surface area contributed by atoms with E-state index in [0.29, 0.717) is 5.69 Å². The summed E-state index contributed by atoms with van der Waals surface area (Å²) >= 11 is 0. The van der Waals surface area contributed by atoms with Crippen LogP contribution in [0.4, 0.5) is 19.3 Å². The van der Waals surface area contributed by atoms with Crippen LogP contribution in [0.3, 0.4) is 0 Å². The summed E-state index contributed by atoms with van der Waals surface area (Å²) in [5, 5.41) is 10.1. The van der Waals surface area contributed by atoms with Crippen LogP contribution >= 0.6 is 0 Å². The molecule has 0 saturated heterocycles. The number of nitrogens with one attached hydrogen (secondary N) is 2. The first kappa shape index (κ1) is 16.9. The molecule has 0 heterocycles. The Labute approximate surface area is 121 Å². The minimum atomic E-state index is -2.95. The van der Waals surface area contributed by atoms with Gasteiger partial charge in [-0.1, -0.05) is 0 Å². The number of ether oxygens (including phenoxy) is 2. The molecule has 0 radical (unpaired) electrons. The highest BCUT2D eigenvalue weighted by Crippen LogP contribution is 2.24. The van der Waals surface area contributed by atoms with E-state index in [4.69, 9.17) is 10.1 Å². The van der Waals surface area contributed by atoms with E-state index in [1.807, 2.05) is 0 Å². The van der Waals surface area contributed by atoms with Gasteiger partial charge in [0, 0.05) is 11.3 Å². The van der Waals surface area contributed by atoms with Crippen LogP contribution in [0, 0.1) is 5.41 Å². The van der Waals surface area contributed by atoms with Crippen molar-refractivity contribution in [1.82, 2.24) is 0 Å². The molecular formula is C14H18F2N2O3. The lowest BCUT2D eigenvalue weighted by atomic mass is 10.1. The SMILES string of the molecule is CC(=N)c1cc(OC(F)F)ccc1NC(=O)OC(C)(C)C.